The molecule has 26 heavy (non-hydrogen) atoms. The molecule has 0 radical (unpaired) electrons. The number of aromatic nitrogens is 4. The summed E-state index contributed by atoms with van der Waals surface area (Å²) in [6.07, 6.45) is 0. The van der Waals surface area contributed by atoms with Crippen molar-refractivity contribution in [3.8, 4) is 0 Å². The molecule has 0 aromatic carbocycles. The lowest BCUT2D eigenvalue weighted by molar-refractivity contribution is 0.383. The Morgan fingerprint density at radius 2 is 1.85 bits per heavy atom. The van der Waals surface area contributed by atoms with Crippen LogP contribution in [-0.2, 0) is 10.0 Å². The van der Waals surface area contributed by atoms with Crippen LogP contribution >= 0.6 is 0 Å². The molecule has 0 saturated carbocycles. The number of anilines is 2. The second kappa shape index (κ2) is 7.20. The number of aromatic amines is 1. The molecule has 142 valence electrons. The van der Waals surface area contributed by atoms with E-state index in [1.807, 2.05) is 19.9 Å². The number of piperazine rings is 1. The lowest BCUT2D eigenvalue weighted by atomic mass is 10.3. The molecule has 0 bridgehead atoms. The van der Waals surface area contributed by atoms with Crippen LogP contribution in [0.2, 0.25) is 0 Å². The molecule has 2 N–H and O–H groups in total. The zero-order valence-electron chi connectivity index (χ0n) is 15.6. The van der Waals surface area contributed by atoms with Crippen LogP contribution in [0.4, 0.5) is 11.6 Å². The summed E-state index contributed by atoms with van der Waals surface area (Å²) >= 11 is 0. The van der Waals surface area contributed by atoms with Crippen molar-refractivity contribution in [1.29, 1.82) is 0 Å². The molecule has 3 rings (SSSR count). The Morgan fingerprint density at radius 3 is 2.42 bits per heavy atom. The molecule has 1 aliphatic rings. The van der Waals surface area contributed by atoms with E-state index in [0.29, 0.717) is 48.3 Å². The van der Waals surface area contributed by atoms with Gasteiger partial charge in [0.15, 0.2) is 0 Å². The van der Waals surface area contributed by atoms with E-state index < -0.39 is 10.0 Å². The molecule has 0 atom stereocenters. The van der Waals surface area contributed by atoms with E-state index in [1.54, 1.807) is 13.8 Å². The number of hydrogen-bond acceptors (Lipinski definition) is 7. The maximum atomic E-state index is 12.9. The van der Waals surface area contributed by atoms with Gasteiger partial charge in [0.2, 0.25) is 10.0 Å². The summed E-state index contributed by atoms with van der Waals surface area (Å²) in [5, 5.41) is 9.96. The molecular weight excluding hydrogens is 354 g/mol. The summed E-state index contributed by atoms with van der Waals surface area (Å²) in [6, 6.07) is 1.91. The van der Waals surface area contributed by atoms with E-state index in [4.69, 9.17) is 0 Å². The number of nitrogens with zero attached hydrogens (tertiary/aromatic N) is 5. The molecule has 1 aliphatic heterocycles. The average Bonchev–Trinajstić information content (AvgIpc) is 2.94. The van der Waals surface area contributed by atoms with Crippen LogP contribution in [0.15, 0.2) is 11.0 Å². The molecule has 0 unspecified atom stereocenters. The van der Waals surface area contributed by atoms with Crippen LogP contribution in [-0.4, -0.2) is 65.6 Å². The number of H-pyrrole nitrogens is 1. The van der Waals surface area contributed by atoms with Gasteiger partial charge in [0.05, 0.1) is 11.4 Å². The van der Waals surface area contributed by atoms with Crippen molar-refractivity contribution in [2.75, 3.05) is 42.9 Å². The molecule has 3 heterocycles. The highest BCUT2D eigenvalue weighted by Crippen LogP contribution is 2.24. The molecule has 1 saturated heterocycles. The van der Waals surface area contributed by atoms with Crippen molar-refractivity contribution in [2.45, 2.75) is 32.6 Å². The normalized spacial score (nSPS) is 16.1. The van der Waals surface area contributed by atoms with Gasteiger partial charge in [-0.3, -0.25) is 5.10 Å². The first-order valence-corrected chi connectivity index (χ1v) is 10.1. The van der Waals surface area contributed by atoms with Crippen molar-refractivity contribution >= 4 is 21.7 Å². The van der Waals surface area contributed by atoms with Crippen LogP contribution in [0, 0.1) is 20.8 Å². The first kappa shape index (κ1) is 18.6. The Bertz CT molecular complexity index is 866. The predicted octanol–water partition coefficient (Wildman–Crippen LogP) is 1.07. The van der Waals surface area contributed by atoms with Crippen LogP contribution in [0.25, 0.3) is 0 Å². The largest absolute Gasteiger partial charge is 0.370 e. The minimum Gasteiger partial charge on any atom is -0.370 e. The summed E-state index contributed by atoms with van der Waals surface area (Å²) in [6.45, 7) is 10.1. The fourth-order valence-corrected chi connectivity index (χ4v) is 4.95. The smallest absolute Gasteiger partial charge is 0.246 e. The highest BCUT2D eigenvalue weighted by atomic mass is 32.2. The van der Waals surface area contributed by atoms with Gasteiger partial charge in [-0.25, -0.2) is 18.4 Å². The second-order valence-electron chi connectivity index (χ2n) is 6.34. The summed E-state index contributed by atoms with van der Waals surface area (Å²) in [4.78, 5) is 11.2. The summed E-state index contributed by atoms with van der Waals surface area (Å²) in [7, 11) is -3.54. The van der Waals surface area contributed by atoms with Gasteiger partial charge in [-0.15, -0.1) is 0 Å². The van der Waals surface area contributed by atoms with Gasteiger partial charge in [-0.05, 0) is 27.7 Å². The SMILES string of the molecule is CCNc1cc(N2CCN(S(=O)(=O)c3c(C)n[nH]c3C)CC2)nc(C)n1. The number of hydrogen-bond donors (Lipinski definition) is 2. The monoisotopic (exact) mass is 379 g/mol. The van der Waals surface area contributed by atoms with E-state index in [0.717, 1.165) is 18.2 Å². The molecule has 2 aromatic heterocycles. The molecule has 0 amide bonds. The average molecular weight is 379 g/mol. The number of aryl methyl sites for hydroxylation is 3. The zero-order chi connectivity index (χ0) is 18.9. The highest BCUT2D eigenvalue weighted by Gasteiger charge is 2.32. The van der Waals surface area contributed by atoms with Gasteiger partial charge in [0, 0.05) is 38.8 Å². The number of sulfonamides is 1. The third kappa shape index (κ3) is 3.51. The Kier molecular flexibility index (Phi) is 5.15. The highest BCUT2D eigenvalue weighted by molar-refractivity contribution is 7.89. The third-order valence-electron chi connectivity index (χ3n) is 4.40. The van der Waals surface area contributed by atoms with Crippen molar-refractivity contribution in [3.63, 3.8) is 0 Å². The Balaban J connectivity index is 1.75. The first-order valence-electron chi connectivity index (χ1n) is 8.69. The van der Waals surface area contributed by atoms with Gasteiger partial charge in [-0.2, -0.15) is 9.40 Å². The van der Waals surface area contributed by atoms with Gasteiger partial charge in [-0.1, -0.05) is 0 Å². The van der Waals surface area contributed by atoms with Crippen molar-refractivity contribution in [2.24, 2.45) is 0 Å². The lowest BCUT2D eigenvalue weighted by Crippen LogP contribution is -2.49. The minimum atomic E-state index is -3.54. The quantitative estimate of drug-likeness (QED) is 0.800. The van der Waals surface area contributed by atoms with Gasteiger partial charge < -0.3 is 10.2 Å². The third-order valence-corrected chi connectivity index (χ3v) is 6.57. The van der Waals surface area contributed by atoms with E-state index >= 15 is 0 Å². The minimum absolute atomic E-state index is 0.290. The van der Waals surface area contributed by atoms with Crippen LogP contribution in [0.3, 0.4) is 0 Å². The number of rotatable bonds is 5. The maximum absolute atomic E-state index is 12.9. The van der Waals surface area contributed by atoms with Gasteiger partial charge in [0.25, 0.3) is 0 Å². The molecule has 1 fully saturated rings. The lowest BCUT2D eigenvalue weighted by Gasteiger charge is -2.34. The Hall–Kier alpha value is -2.20. The topological polar surface area (TPSA) is 107 Å². The maximum Gasteiger partial charge on any atom is 0.246 e. The predicted molar refractivity (Wildman–Crippen MR) is 100.0 cm³/mol. The Morgan fingerprint density at radius 1 is 1.15 bits per heavy atom. The molecular formula is C16H25N7O2S. The van der Waals surface area contributed by atoms with Crippen LogP contribution in [0.5, 0.6) is 0 Å². The van der Waals surface area contributed by atoms with E-state index in [-0.39, 0.29) is 0 Å². The van der Waals surface area contributed by atoms with Crippen molar-refractivity contribution in [3.05, 3.63) is 23.3 Å². The fourth-order valence-electron chi connectivity index (χ4n) is 3.19. The van der Waals surface area contributed by atoms with E-state index in [2.05, 4.69) is 30.4 Å². The standard InChI is InChI=1S/C16H25N7O2S/c1-5-17-14-10-15(19-13(4)18-14)22-6-8-23(9-7-22)26(24,25)16-11(2)20-21-12(16)3/h10H,5-9H2,1-4H3,(H,20,21)(H,17,18,19). The summed E-state index contributed by atoms with van der Waals surface area (Å²) < 4.78 is 27.4. The van der Waals surface area contributed by atoms with Crippen molar-refractivity contribution < 1.29 is 8.42 Å². The van der Waals surface area contributed by atoms with E-state index in [1.165, 1.54) is 4.31 Å². The van der Waals surface area contributed by atoms with Gasteiger partial charge >= 0.3 is 0 Å². The summed E-state index contributed by atoms with van der Waals surface area (Å²) in [5.41, 5.74) is 1.08. The second-order valence-corrected chi connectivity index (χ2v) is 8.22. The van der Waals surface area contributed by atoms with Gasteiger partial charge in [0.1, 0.15) is 22.4 Å². The summed E-state index contributed by atoms with van der Waals surface area (Å²) in [5.74, 6) is 2.30. The molecule has 2 aromatic rings. The van der Waals surface area contributed by atoms with Crippen LogP contribution in [0.1, 0.15) is 24.1 Å². The molecule has 10 heteroatoms. The fraction of sp³-hybridized carbons (Fsp3) is 0.562. The van der Waals surface area contributed by atoms with E-state index in [9.17, 15) is 8.42 Å². The van der Waals surface area contributed by atoms with Crippen LogP contribution < -0.4 is 10.2 Å². The molecule has 9 nitrogen and oxygen atoms in total. The first-order chi connectivity index (χ1) is 12.3. The number of nitrogens with one attached hydrogen (secondary N) is 2. The Labute approximate surface area is 153 Å². The molecule has 0 aliphatic carbocycles. The molecule has 0 spiro atoms. The zero-order valence-corrected chi connectivity index (χ0v) is 16.4. The van der Waals surface area contributed by atoms with Crippen molar-refractivity contribution in [1.82, 2.24) is 24.5 Å².